The number of aromatic nitrogens is 1. The van der Waals surface area contributed by atoms with Crippen LogP contribution in [0.4, 0.5) is 5.82 Å². The summed E-state index contributed by atoms with van der Waals surface area (Å²) in [6.07, 6.45) is 5.34. The molecule has 2 rings (SSSR count). The van der Waals surface area contributed by atoms with Gasteiger partial charge in [-0.3, -0.25) is 4.90 Å². The van der Waals surface area contributed by atoms with Crippen molar-refractivity contribution in [2.75, 3.05) is 25.0 Å². The van der Waals surface area contributed by atoms with Gasteiger partial charge in [0.1, 0.15) is 5.82 Å². The fourth-order valence-electron chi connectivity index (χ4n) is 2.42. The van der Waals surface area contributed by atoms with Crippen molar-refractivity contribution in [3.8, 4) is 0 Å². The zero-order valence-corrected chi connectivity index (χ0v) is 11.1. The highest BCUT2D eigenvalue weighted by Gasteiger charge is 2.23. The van der Waals surface area contributed by atoms with Gasteiger partial charge >= 0.3 is 0 Å². The van der Waals surface area contributed by atoms with E-state index in [-0.39, 0.29) is 6.61 Å². The van der Waals surface area contributed by atoms with Gasteiger partial charge in [-0.15, -0.1) is 0 Å². The van der Waals surface area contributed by atoms with Gasteiger partial charge in [0, 0.05) is 25.3 Å². The summed E-state index contributed by atoms with van der Waals surface area (Å²) in [6.45, 7) is 5.35. The van der Waals surface area contributed by atoms with Crippen molar-refractivity contribution in [1.29, 1.82) is 0 Å². The molecule has 1 aromatic heterocycles. The van der Waals surface area contributed by atoms with E-state index >= 15 is 0 Å². The molecule has 2 heterocycles. The maximum atomic E-state index is 9.29. The van der Waals surface area contributed by atoms with E-state index < -0.39 is 0 Å². The highest BCUT2D eigenvalue weighted by atomic mass is 16.3. The number of rotatable bonds is 6. The number of aliphatic hydroxyl groups excluding tert-OH is 1. The molecule has 18 heavy (non-hydrogen) atoms. The summed E-state index contributed by atoms with van der Waals surface area (Å²) in [7, 11) is 0. The van der Waals surface area contributed by atoms with E-state index in [4.69, 9.17) is 0 Å². The van der Waals surface area contributed by atoms with Crippen molar-refractivity contribution >= 4 is 5.82 Å². The minimum atomic E-state index is 0.267. The quantitative estimate of drug-likeness (QED) is 0.808. The van der Waals surface area contributed by atoms with Gasteiger partial charge in [-0.2, -0.15) is 0 Å². The lowest BCUT2D eigenvalue weighted by atomic mass is 10.2. The van der Waals surface area contributed by atoms with E-state index in [1.54, 1.807) is 0 Å². The van der Waals surface area contributed by atoms with Crippen LogP contribution in [0.5, 0.6) is 0 Å². The van der Waals surface area contributed by atoms with Gasteiger partial charge in [0.05, 0.1) is 6.61 Å². The summed E-state index contributed by atoms with van der Waals surface area (Å²) in [5, 5.41) is 12.6. The Balaban J connectivity index is 1.89. The summed E-state index contributed by atoms with van der Waals surface area (Å²) < 4.78 is 0. The van der Waals surface area contributed by atoms with Crippen LogP contribution in [0.3, 0.4) is 0 Å². The molecule has 1 aromatic rings. The van der Waals surface area contributed by atoms with Gasteiger partial charge in [0.2, 0.25) is 0 Å². The summed E-state index contributed by atoms with van der Waals surface area (Å²) in [4.78, 5) is 6.75. The summed E-state index contributed by atoms with van der Waals surface area (Å²) in [6, 6.07) is 4.50. The largest absolute Gasteiger partial charge is 0.395 e. The maximum Gasteiger partial charge on any atom is 0.125 e. The van der Waals surface area contributed by atoms with Crippen molar-refractivity contribution in [3.05, 3.63) is 23.9 Å². The van der Waals surface area contributed by atoms with Gasteiger partial charge < -0.3 is 10.4 Å². The molecule has 0 aliphatic carbocycles. The lowest BCUT2D eigenvalue weighted by Gasteiger charge is -2.22. The Morgan fingerprint density at radius 3 is 3.06 bits per heavy atom. The first kappa shape index (κ1) is 13.3. The van der Waals surface area contributed by atoms with E-state index in [9.17, 15) is 5.11 Å². The van der Waals surface area contributed by atoms with E-state index in [0.29, 0.717) is 6.04 Å². The molecular weight excluding hydrogens is 226 g/mol. The average Bonchev–Trinajstić information content (AvgIpc) is 2.85. The van der Waals surface area contributed by atoms with Crippen LogP contribution in [0.15, 0.2) is 18.3 Å². The molecule has 1 atom stereocenters. The minimum absolute atomic E-state index is 0.267. The van der Waals surface area contributed by atoms with Gasteiger partial charge in [0.25, 0.3) is 0 Å². The monoisotopic (exact) mass is 249 g/mol. The minimum Gasteiger partial charge on any atom is -0.395 e. The molecule has 0 bridgehead atoms. The highest BCUT2D eigenvalue weighted by Crippen LogP contribution is 2.19. The number of anilines is 1. The standard InChI is InChI=1S/C14H23N3O/c1-2-7-15-14-6-5-12(9-16-14)10-17-8-3-4-13(17)11-18/h5-6,9,13,18H,2-4,7-8,10-11H2,1H3,(H,15,16). The normalized spacial score (nSPS) is 20.2. The molecule has 1 saturated heterocycles. The van der Waals surface area contributed by atoms with Crippen LogP contribution in [0.2, 0.25) is 0 Å². The molecule has 100 valence electrons. The zero-order chi connectivity index (χ0) is 12.8. The second-order valence-corrected chi connectivity index (χ2v) is 4.93. The molecule has 1 unspecified atom stereocenters. The lowest BCUT2D eigenvalue weighted by Crippen LogP contribution is -2.31. The van der Waals surface area contributed by atoms with Gasteiger partial charge in [0.15, 0.2) is 0 Å². The summed E-state index contributed by atoms with van der Waals surface area (Å²) in [5.41, 5.74) is 1.22. The molecule has 4 heteroatoms. The highest BCUT2D eigenvalue weighted by molar-refractivity contribution is 5.35. The van der Waals surface area contributed by atoms with Crippen LogP contribution in [0.1, 0.15) is 31.7 Å². The fourth-order valence-corrected chi connectivity index (χ4v) is 2.42. The lowest BCUT2D eigenvalue weighted by molar-refractivity contribution is 0.153. The number of nitrogens with one attached hydrogen (secondary N) is 1. The molecular formula is C14H23N3O. The number of hydrogen-bond acceptors (Lipinski definition) is 4. The van der Waals surface area contributed by atoms with Gasteiger partial charge in [-0.05, 0) is 37.4 Å². The van der Waals surface area contributed by atoms with E-state index in [1.807, 2.05) is 12.3 Å². The van der Waals surface area contributed by atoms with Crippen LogP contribution < -0.4 is 5.32 Å². The smallest absolute Gasteiger partial charge is 0.125 e. The predicted octanol–water partition coefficient (Wildman–Crippen LogP) is 1.86. The molecule has 1 aliphatic rings. The molecule has 4 nitrogen and oxygen atoms in total. The van der Waals surface area contributed by atoms with Crippen molar-refractivity contribution in [2.45, 2.75) is 38.8 Å². The van der Waals surface area contributed by atoms with E-state index in [0.717, 1.165) is 38.3 Å². The topological polar surface area (TPSA) is 48.4 Å². The van der Waals surface area contributed by atoms with Crippen molar-refractivity contribution < 1.29 is 5.11 Å². The SMILES string of the molecule is CCCNc1ccc(CN2CCCC2CO)cn1. The van der Waals surface area contributed by atoms with Crippen LogP contribution in [0, 0.1) is 0 Å². The van der Waals surface area contributed by atoms with Crippen LogP contribution in [-0.2, 0) is 6.54 Å². The Morgan fingerprint density at radius 2 is 2.39 bits per heavy atom. The van der Waals surface area contributed by atoms with E-state index in [2.05, 4.69) is 28.2 Å². The third-order valence-electron chi connectivity index (χ3n) is 3.48. The molecule has 2 N–H and O–H groups in total. The van der Waals surface area contributed by atoms with Crippen molar-refractivity contribution in [3.63, 3.8) is 0 Å². The molecule has 1 aliphatic heterocycles. The number of aliphatic hydroxyl groups is 1. The van der Waals surface area contributed by atoms with Gasteiger partial charge in [-0.1, -0.05) is 13.0 Å². The Bertz CT molecular complexity index is 353. The Kier molecular flexibility index (Phi) is 4.96. The summed E-state index contributed by atoms with van der Waals surface area (Å²) in [5.74, 6) is 0.945. The Morgan fingerprint density at radius 1 is 1.50 bits per heavy atom. The first-order valence-electron chi connectivity index (χ1n) is 6.87. The first-order chi connectivity index (χ1) is 8.83. The molecule has 0 radical (unpaired) electrons. The number of pyridine rings is 1. The van der Waals surface area contributed by atoms with Crippen molar-refractivity contribution in [1.82, 2.24) is 9.88 Å². The maximum absolute atomic E-state index is 9.29. The number of likely N-dealkylation sites (tertiary alicyclic amines) is 1. The average molecular weight is 249 g/mol. The molecule has 1 fully saturated rings. The van der Waals surface area contributed by atoms with E-state index in [1.165, 1.54) is 12.0 Å². The first-order valence-corrected chi connectivity index (χ1v) is 6.87. The van der Waals surface area contributed by atoms with Crippen LogP contribution in [-0.4, -0.2) is 40.7 Å². The van der Waals surface area contributed by atoms with Crippen molar-refractivity contribution in [2.24, 2.45) is 0 Å². The predicted molar refractivity (Wildman–Crippen MR) is 73.5 cm³/mol. The fraction of sp³-hybridized carbons (Fsp3) is 0.643. The summed E-state index contributed by atoms with van der Waals surface area (Å²) >= 11 is 0. The molecule has 0 saturated carbocycles. The zero-order valence-electron chi connectivity index (χ0n) is 11.1. The Hall–Kier alpha value is -1.13. The number of hydrogen-bond donors (Lipinski definition) is 2. The second kappa shape index (κ2) is 6.71. The third-order valence-corrected chi connectivity index (χ3v) is 3.48. The Labute approximate surface area is 109 Å². The third kappa shape index (κ3) is 3.43. The second-order valence-electron chi connectivity index (χ2n) is 4.93. The van der Waals surface area contributed by atoms with Crippen LogP contribution in [0.25, 0.3) is 0 Å². The molecule has 0 aromatic carbocycles. The van der Waals surface area contributed by atoms with Crippen LogP contribution >= 0.6 is 0 Å². The molecule has 0 amide bonds. The van der Waals surface area contributed by atoms with Gasteiger partial charge in [-0.25, -0.2) is 4.98 Å². The molecule has 0 spiro atoms. The number of nitrogens with zero attached hydrogens (tertiary/aromatic N) is 2.